The molecule has 0 unspecified atom stereocenters. The van der Waals surface area contributed by atoms with Gasteiger partial charge in [0.05, 0.1) is 11.4 Å². The van der Waals surface area contributed by atoms with E-state index >= 15 is 0 Å². The number of benzene rings is 1. The van der Waals surface area contributed by atoms with Crippen LogP contribution in [0.2, 0.25) is 0 Å². The van der Waals surface area contributed by atoms with Gasteiger partial charge in [-0.1, -0.05) is 12.1 Å². The van der Waals surface area contributed by atoms with Crippen LogP contribution in [0.4, 0.5) is 4.39 Å². The molecule has 1 aromatic carbocycles. The van der Waals surface area contributed by atoms with E-state index in [2.05, 4.69) is 10.4 Å². The fourth-order valence-corrected chi connectivity index (χ4v) is 1.64. The number of nitrogens with zero attached hydrogens (tertiary/aromatic N) is 2. The maximum absolute atomic E-state index is 13.1. The van der Waals surface area contributed by atoms with Gasteiger partial charge in [-0.05, 0) is 25.2 Å². The Hall–Kier alpha value is -1.68. The zero-order chi connectivity index (χ0) is 11.5. The van der Waals surface area contributed by atoms with E-state index in [0.29, 0.717) is 0 Å². The average Bonchev–Trinajstić information content (AvgIpc) is 2.61. The molecule has 0 aliphatic rings. The Balaban J connectivity index is 2.37. The molecule has 84 valence electrons. The molecule has 0 fully saturated rings. The molecule has 1 heterocycles. The number of halogens is 1. The molecule has 1 N–H and O–H groups in total. The van der Waals surface area contributed by atoms with Gasteiger partial charge in [0.25, 0.3) is 0 Å². The molecule has 0 amide bonds. The Morgan fingerprint density at radius 2 is 2.19 bits per heavy atom. The lowest BCUT2D eigenvalue weighted by Crippen LogP contribution is -2.09. The highest BCUT2D eigenvalue weighted by Crippen LogP contribution is 2.19. The van der Waals surface area contributed by atoms with Crippen molar-refractivity contribution in [1.29, 1.82) is 0 Å². The molecule has 0 aliphatic heterocycles. The first kappa shape index (κ1) is 10.8. The topological polar surface area (TPSA) is 29.9 Å². The number of hydrogen-bond acceptors (Lipinski definition) is 2. The van der Waals surface area contributed by atoms with E-state index in [4.69, 9.17) is 0 Å². The summed E-state index contributed by atoms with van der Waals surface area (Å²) < 4.78 is 14.9. The number of aromatic nitrogens is 2. The molecule has 0 aliphatic carbocycles. The van der Waals surface area contributed by atoms with Crippen molar-refractivity contribution in [2.24, 2.45) is 7.05 Å². The SMILES string of the molecule is CNCc1cc(-c2cccc(F)c2)nn1C. The van der Waals surface area contributed by atoms with Crippen LogP contribution in [0, 0.1) is 5.82 Å². The lowest BCUT2D eigenvalue weighted by Gasteiger charge is -1.97. The summed E-state index contributed by atoms with van der Waals surface area (Å²) in [5.74, 6) is -0.238. The second kappa shape index (κ2) is 4.45. The number of hydrogen-bond donors (Lipinski definition) is 1. The monoisotopic (exact) mass is 219 g/mol. The normalized spacial score (nSPS) is 10.7. The fourth-order valence-electron chi connectivity index (χ4n) is 1.64. The van der Waals surface area contributed by atoms with Gasteiger partial charge in [-0.3, -0.25) is 4.68 Å². The zero-order valence-corrected chi connectivity index (χ0v) is 9.37. The first-order chi connectivity index (χ1) is 7.70. The summed E-state index contributed by atoms with van der Waals surface area (Å²) in [6.07, 6.45) is 0. The van der Waals surface area contributed by atoms with Crippen LogP contribution < -0.4 is 5.32 Å². The van der Waals surface area contributed by atoms with Crippen LogP contribution in [0.1, 0.15) is 5.69 Å². The highest BCUT2D eigenvalue weighted by Gasteiger charge is 2.06. The van der Waals surface area contributed by atoms with Crippen LogP contribution in [-0.4, -0.2) is 16.8 Å². The third kappa shape index (κ3) is 2.12. The average molecular weight is 219 g/mol. The highest BCUT2D eigenvalue weighted by atomic mass is 19.1. The number of aryl methyl sites for hydroxylation is 1. The molecule has 0 saturated heterocycles. The molecule has 0 bridgehead atoms. The van der Waals surface area contributed by atoms with Crippen molar-refractivity contribution in [1.82, 2.24) is 15.1 Å². The maximum atomic E-state index is 13.1. The van der Waals surface area contributed by atoms with E-state index in [1.54, 1.807) is 10.7 Å². The van der Waals surface area contributed by atoms with Crippen molar-refractivity contribution in [3.8, 4) is 11.3 Å². The van der Waals surface area contributed by atoms with Gasteiger partial charge in [0.15, 0.2) is 0 Å². The second-order valence-corrected chi connectivity index (χ2v) is 3.69. The van der Waals surface area contributed by atoms with Crippen molar-refractivity contribution < 1.29 is 4.39 Å². The van der Waals surface area contributed by atoms with Crippen LogP contribution >= 0.6 is 0 Å². The fraction of sp³-hybridized carbons (Fsp3) is 0.250. The molecule has 2 aromatic rings. The first-order valence-corrected chi connectivity index (χ1v) is 5.14. The summed E-state index contributed by atoms with van der Waals surface area (Å²) >= 11 is 0. The van der Waals surface area contributed by atoms with Gasteiger partial charge in [0.2, 0.25) is 0 Å². The minimum absolute atomic E-state index is 0.238. The quantitative estimate of drug-likeness (QED) is 0.855. The summed E-state index contributed by atoms with van der Waals surface area (Å²) in [6.45, 7) is 0.749. The Kier molecular flexibility index (Phi) is 3.01. The van der Waals surface area contributed by atoms with Gasteiger partial charge in [-0.2, -0.15) is 5.10 Å². The van der Waals surface area contributed by atoms with Crippen LogP contribution in [0.15, 0.2) is 30.3 Å². The summed E-state index contributed by atoms with van der Waals surface area (Å²) in [5, 5.41) is 7.42. The van der Waals surface area contributed by atoms with E-state index < -0.39 is 0 Å². The van der Waals surface area contributed by atoms with E-state index in [1.807, 2.05) is 26.2 Å². The molecule has 0 saturated carbocycles. The molecule has 2 rings (SSSR count). The van der Waals surface area contributed by atoms with Crippen molar-refractivity contribution in [2.45, 2.75) is 6.54 Å². The van der Waals surface area contributed by atoms with Crippen LogP contribution in [0.25, 0.3) is 11.3 Å². The summed E-state index contributed by atoms with van der Waals surface area (Å²) in [5.41, 5.74) is 2.67. The van der Waals surface area contributed by atoms with E-state index in [1.165, 1.54) is 12.1 Å². The molecule has 16 heavy (non-hydrogen) atoms. The standard InChI is InChI=1S/C12H14FN3/c1-14-8-11-7-12(15-16(11)2)9-4-3-5-10(13)6-9/h3-7,14H,8H2,1-2H3. The van der Waals surface area contributed by atoms with Crippen LogP contribution in [-0.2, 0) is 13.6 Å². The van der Waals surface area contributed by atoms with Crippen LogP contribution in [0.5, 0.6) is 0 Å². The third-order valence-electron chi connectivity index (χ3n) is 2.46. The molecular formula is C12H14FN3. The van der Waals surface area contributed by atoms with E-state index in [0.717, 1.165) is 23.5 Å². The predicted molar refractivity (Wildman–Crippen MR) is 61.4 cm³/mol. The van der Waals surface area contributed by atoms with Gasteiger partial charge >= 0.3 is 0 Å². The molecular weight excluding hydrogens is 205 g/mol. The summed E-state index contributed by atoms with van der Waals surface area (Å²) in [7, 11) is 3.77. The van der Waals surface area contributed by atoms with Gasteiger partial charge in [0.1, 0.15) is 5.82 Å². The minimum atomic E-state index is -0.238. The van der Waals surface area contributed by atoms with E-state index in [-0.39, 0.29) is 5.82 Å². The summed E-state index contributed by atoms with van der Waals surface area (Å²) in [4.78, 5) is 0. The maximum Gasteiger partial charge on any atom is 0.123 e. The number of nitrogens with one attached hydrogen (secondary N) is 1. The molecule has 4 heteroatoms. The van der Waals surface area contributed by atoms with Gasteiger partial charge in [-0.15, -0.1) is 0 Å². The van der Waals surface area contributed by atoms with Crippen molar-refractivity contribution in [2.75, 3.05) is 7.05 Å². The Labute approximate surface area is 93.9 Å². The van der Waals surface area contributed by atoms with Crippen molar-refractivity contribution >= 4 is 0 Å². The Morgan fingerprint density at radius 1 is 1.38 bits per heavy atom. The van der Waals surface area contributed by atoms with E-state index in [9.17, 15) is 4.39 Å². The number of rotatable bonds is 3. The van der Waals surface area contributed by atoms with Crippen molar-refractivity contribution in [3.05, 3.63) is 41.8 Å². The molecule has 1 aromatic heterocycles. The third-order valence-corrected chi connectivity index (χ3v) is 2.46. The van der Waals surface area contributed by atoms with Crippen molar-refractivity contribution in [3.63, 3.8) is 0 Å². The molecule has 3 nitrogen and oxygen atoms in total. The second-order valence-electron chi connectivity index (χ2n) is 3.69. The van der Waals surface area contributed by atoms with Gasteiger partial charge < -0.3 is 5.32 Å². The molecule has 0 atom stereocenters. The Morgan fingerprint density at radius 3 is 2.88 bits per heavy atom. The van der Waals surface area contributed by atoms with Gasteiger partial charge in [-0.25, -0.2) is 4.39 Å². The smallest absolute Gasteiger partial charge is 0.123 e. The predicted octanol–water partition coefficient (Wildman–Crippen LogP) is 1.95. The summed E-state index contributed by atoms with van der Waals surface area (Å²) in [6, 6.07) is 8.43. The lowest BCUT2D eigenvalue weighted by atomic mass is 10.1. The largest absolute Gasteiger partial charge is 0.314 e. The van der Waals surface area contributed by atoms with Gasteiger partial charge in [0, 0.05) is 19.2 Å². The zero-order valence-electron chi connectivity index (χ0n) is 9.37. The molecule has 0 spiro atoms. The first-order valence-electron chi connectivity index (χ1n) is 5.14. The minimum Gasteiger partial charge on any atom is -0.314 e. The lowest BCUT2D eigenvalue weighted by molar-refractivity contribution is 0.628. The highest BCUT2D eigenvalue weighted by molar-refractivity contribution is 5.59. The molecule has 0 radical (unpaired) electrons. The Bertz CT molecular complexity index is 491. The van der Waals surface area contributed by atoms with Crippen LogP contribution in [0.3, 0.4) is 0 Å².